The molecule has 1 saturated heterocycles. The maximum atomic E-state index is 6.90. The van der Waals surface area contributed by atoms with E-state index in [1.165, 1.54) is 64.3 Å². The van der Waals surface area contributed by atoms with Crippen LogP contribution in [0.25, 0.3) is 0 Å². The molecule has 11 aliphatic rings. The fourth-order valence-electron chi connectivity index (χ4n) is 11.0. The minimum absolute atomic E-state index is 0.0248. The molecule has 55 heavy (non-hydrogen) atoms. The van der Waals surface area contributed by atoms with Gasteiger partial charge in [-0.15, -0.1) is 0 Å². The van der Waals surface area contributed by atoms with Crippen LogP contribution in [0.4, 0.5) is 0 Å². The summed E-state index contributed by atoms with van der Waals surface area (Å²) in [5, 5.41) is 0. The summed E-state index contributed by atoms with van der Waals surface area (Å²) in [5.41, 5.74) is 14.6. The molecule has 0 radical (unpaired) electrons. The van der Waals surface area contributed by atoms with Gasteiger partial charge in [-0.25, -0.2) is 0 Å². The third-order valence-electron chi connectivity index (χ3n) is 13.8. The van der Waals surface area contributed by atoms with E-state index in [0.717, 1.165) is 44.9 Å². The van der Waals surface area contributed by atoms with Gasteiger partial charge < -0.3 is 14.4 Å². The molecule has 0 aromatic heterocycles. The molecule has 8 unspecified atom stereocenters. The molecule has 0 bridgehead atoms. The van der Waals surface area contributed by atoms with Crippen LogP contribution in [0.5, 0.6) is 0 Å². The highest BCUT2D eigenvalue weighted by atomic mass is 16.5. The summed E-state index contributed by atoms with van der Waals surface area (Å²) in [7, 11) is 0. The first-order valence-corrected chi connectivity index (χ1v) is 21.1. The molecule has 276 valence electrons. The molecule has 3 nitrogen and oxygen atoms in total. The van der Waals surface area contributed by atoms with Crippen LogP contribution >= 0.6 is 0 Å². The zero-order valence-electron chi connectivity index (χ0n) is 31.7. The van der Waals surface area contributed by atoms with Crippen LogP contribution in [-0.4, -0.2) is 29.3 Å². The number of hydrogen-bond donors (Lipinski definition) is 0. The van der Waals surface area contributed by atoms with Gasteiger partial charge in [0.2, 0.25) is 0 Å². The lowest BCUT2D eigenvalue weighted by atomic mass is 9.78. The fourth-order valence-corrected chi connectivity index (χ4v) is 11.0. The Bertz CT molecular complexity index is 2220. The molecule has 1 fully saturated rings. The van der Waals surface area contributed by atoms with Crippen LogP contribution in [0.15, 0.2) is 201 Å². The molecule has 0 spiro atoms. The normalized spacial score (nSPS) is 35.0. The SMILES string of the molecule is C1=CCC(C2=CCCC3=C2OC2C=CC(C4C=CC(N(C5=CC=C(C6=CC7=C(C=CCC7)CC6)CC5)C5C=CC=C6C7C=CC=CC7OC65)=CC4)=CC32)C=C1. The van der Waals surface area contributed by atoms with Crippen molar-refractivity contribution in [2.75, 3.05) is 0 Å². The number of hydrogen-bond acceptors (Lipinski definition) is 3. The maximum Gasteiger partial charge on any atom is 0.127 e. The molecule has 0 N–H and O–H groups in total. The van der Waals surface area contributed by atoms with Gasteiger partial charge in [0.05, 0.1) is 12.1 Å². The third kappa shape index (κ3) is 5.98. The topological polar surface area (TPSA) is 21.7 Å². The molecule has 0 aromatic carbocycles. The average Bonchev–Trinajstić information content (AvgIpc) is 3.83. The second kappa shape index (κ2) is 14.0. The summed E-state index contributed by atoms with van der Waals surface area (Å²) in [4.78, 5) is 2.63. The number of rotatable bonds is 6. The van der Waals surface area contributed by atoms with Crippen molar-refractivity contribution < 1.29 is 9.47 Å². The largest absolute Gasteiger partial charge is 0.485 e. The lowest BCUT2D eigenvalue weighted by Crippen LogP contribution is -2.43. The molecule has 11 rings (SSSR count). The Morgan fingerprint density at radius 2 is 1.56 bits per heavy atom. The number of fused-ring (bicyclic) bond motifs is 5. The molecule has 3 heteroatoms. The van der Waals surface area contributed by atoms with E-state index in [1.54, 1.807) is 16.7 Å². The van der Waals surface area contributed by atoms with E-state index in [0.29, 0.717) is 23.7 Å². The standard InChI is InChI=1S/C52H51NO2/c1-2-11-37(12-3-1)43-15-8-16-46-47-33-40(26-31-50(47)54-51(43)46)36-24-29-42(30-25-36)53(48-18-9-17-45-44-14-6-7-19-49(44)55-52(45)48)41-27-22-35(23-28-41)39-21-20-34-10-4-5-13-38(34)32-39/h1-4,6-7,9-11,14-15,17-19,22,24,26-27,29-33,36-37,44,47-50,52H,5,8,12-13,16,20-21,23,25,28H2. The van der Waals surface area contributed by atoms with Crippen molar-refractivity contribution in [2.45, 2.75) is 88.6 Å². The lowest BCUT2D eigenvalue weighted by Gasteiger charge is -2.41. The Labute approximate surface area is 327 Å². The predicted molar refractivity (Wildman–Crippen MR) is 223 cm³/mol. The summed E-state index contributed by atoms with van der Waals surface area (Å²) < 4.78 is 13.6. The Morgan fingerprint density at radius 3 is 2.45 bits per heavy atom. The van der Waals surface area contributed by atoms with Crippen molar-refractivity contribution in [3.63, 3.8) is 0 Å². The van der Waals surface area contributed by atoms with E-state index in [1.807, 2.05) is 0 Å². The van der Waals surface area contributed by atoms with Gasteiger partial charge in [-0.05, 0) is 127 Å². The lowest BCUT2D eigenvalue weighted by molar-refractivity contribution is 0.0396. The van der Waals surface area contributed by atoms with Crippen molar-refractivity contribution in [1.29, 1.82) is 0 Å². The van der Waals surface area contributed by atoms with E-state index in [9.17, 15) is 0 Å². The Hall–Kier alpha value is -4.86. The van der Waals surface area contributed by atoms with E-state index in [2.05, 4.69) is 145 Å². The monoisotopic (exact) mass is 721 g/mol. The van der Waals surface area contributed by atoms with Crippen LogP contribution in [-0.2, 0) is 9.47 Å². The third-order valence-corrected chi connectivity index (χ3v) is 13.8. The minimum atomic E-state index is 0.0248. The number of ether oxygens (including phenoxy) is 2. The van der Waals surface area contributed by atoms with E-state index < -0.39 is 0 Å². The van der Waals surface area contributed by atoms with Gasteiger partial charge in [-0.3, -0.25) is 0 Å². The molecule has 0 amide bonds. The minimum Gasteiger partial charge on any atom is -0.485 e. The molecule has 8 atom stereocenters. The summed E-state index contributed by atoms with van der Waals surface area (Å²) >= 11 is 0. The van der Waals surface area contributed by atoms with Gasteiger partial charge in [0, 0.05) is 35.1 Å². The molecular formula is C52H51NO2. The summed E-state index contributed by atoms with van der Waals surface area (Å²) in [6, 6.07) is 0.107. The molecular weight excluding hydrogens is 671 g/mol. The highest BCUT2D eigenvalue weighted by Crippen LogP contribution is 2.48. The van der Waals surface area contributed by atoms with E-state index in [4.69, 9.17) is 9.47 Å². The van der Waals surface area contributed by atoms with Crippen molar-refractivity contribution in [2.24, 2.45) is 23.7 Å². The molecule has 0 saturated carbocycles. The van der Waals surface area contributed by atoms with Crippen LogP contribution in [0.1, 0.15) is 64.2 Å². The number of allylic oxidation sites excluding steroid dienone is 25. The van der Waals surface area contributed by atoms with Gasteiger partial charge in [-0.1, -0.05) is 122 Å². The predicted octanol–water partition coefficient (Wildman–Crippen LogP) is 11.7. The maximum absolute atomic E-state index is 6.90. The van der Waals surface area contributed by atoms with E-state index in [-0.39, 0.29) is 24.4 Å². The first-order chi connectivity index (χ1) is 27.2. The summed E-state index contributed by atoms with van der Waals surface area (Å²) in [6.07, 6.45) is 65.4. The molecule has 2 aliphatic heterocycles. The average molecular weight is 722 g/mol. The second-order valence-electron chi connectivity index (χ2n) is 16.9. The van der Waals surface area contributed by atoms with Crippen LogP contribution < -0.4 is 0 Å². The second-order valence-corrected chi connectivity index (χ2v) is 16.9. The van der Waals surface area contributed by atoms with Gasteiger partial charge in [0.1, 0.15) is 18.0 Å². The summed E-state index contributed by atoms with van der Waals surface area (Å²) in [6.45, 7) is 0. The van der Waals surface area contributed by atoms with Gasteiger partial charge in [0.25, 0.3) is 0 Å². The zero-order chi connectivity index (χ0) is 36.3. The highest BCUT2D eigenvalue weighted by molar-refractivity contribution is 5.52. The quantitative estimate of drug-likeness (QED) is 0.273. The van der Waals surface area contributed by atoms with Gasteiger partial charge in [0.15, 0.2) is 0 Å². The van der Waals surface area contributed by atoms with Crippen LogP contribution in [0.2, 0.25) is 0 Å². The molecule has 2 heterocycles. The first-order valence-electron chi connectivity index (χ1n) is 21.1. The van der Waals surface area contributed by atoms with Crippen molar-refractivity contribution in [1.82, 2.24) is 4.90 Å². The van der Waals surface area contributed by atoms with Gasteiger partial charge in [-0.2, -0.15) is 0 Å². The number of nitrogens with zero attached hydrogens (tertiary/aromatic N) is 1. The highest BCUT2D eigenvalue weighted by Gasteiger charge is 2.45. The van der Waals surface area contributed by atoms with Gasteiger partial charge >= 0.3 is 0 Å². The van der Waals surface area contributed by atoms with Crippen molar-refractivity contribution >= 4 is 0 Å². The van der Waals surface area contributed by atoms with E-state index >= 15 is 0 Å². The fraction of sp³-hybridized carbons (Fsp3) is 0.346. The molecule has 0 aromatic rings. The van der Waals surface area contributed by atoms with Crippen molar-refractivity contribution in [3.05, 3.63) is 201 Å². The molecule has 9 aliphatic carbocycles. The van der Waals surface area contributed by atoms with Crippen LogP contribution in [0, 0.1) is 23.7 Å². The Morgan fingerprint density at radius 1 is 0.618 bits per heavy atom. The summed E-state index contributed by atoms with van der Waals surface area (Å²) in [5.74, 6) is 2.63. The van der Waals surface area contributed by atoms with Crippen LogP contribution in [0.3, 0.4) is 0 Å². The Kier molecular flexibility index (Phi) is 8.53. The first kappa shape index (κ1) is 33.5. The smallest absolute Gasteiger partial charge is 0.127 e. The zero-order valence-corrected chi connectivity index (χ0v) is 31.7. The van der Waals surface area contributed by atoms with Crippen molar-refractivity contribution in [3.8, 4) is 0 Å². The Balaban J connectivity index is 0.875.